The van der Waals surface area contributed by atoms with Crippen molar-refractivity contribution < 1.29 is 4.42 Å². The van der Waals surface area contributed by atoms with Crippen LogP contribution >= 0.6 is 0 Å². The normalized spacial score (nSPS) is 13.9. The quantitative estimate of drug-likeness (QED) is 0.174. The molecule has 0 saturated heterocycles. The molecule has 2 heterocycles. The Morgan fingerprint density at radius 3 is 1.76 bits per heavy atom. The minimum Gasteiger partial charge on any atom is -0.456 e. The van der Waals surface area contributed by atoms with Crippen LogP contribution in [0.1, 0.15) is 36.1 Å². The Bertz CT molecular complexity index is 3450. The highest BCUT2D eigenvalue weighted by molar-refractivity contribution is 6.24. The molecule has 63 heavy (non-hydrogen) atoms. The first kappa shape index (κ1) is 36.9. The van der Waals surface area contributed by atoms with E-state index in [0.717, 1.165) is 62.4 Å². The molecule has 0 fully saturated rings. The maximum atomic E-state index is 6.77. The first-order valence-corrected chi connectivity index (χ1v) is 21.9. The van der Waals surface area contributed by atoms with Crippen molar-refractivity contribution in [2.24, 2.45) is 0 Å². The zero-order valence-electron chi connectivity index (χ0n) is 35.3. The molecule has 1 aromatic heterocycles. The van der Waals surface area contributed by atoms with Crippen LogP contribution in [-0.4, -0.2) is 6.54 Å². The van der Waals surface area contributed by atoms with Crippen LogP contribution in [0.3, 0.4) is 0 Å². The van der Waals surface area contributed by atoms with Gasteiger partial charge in [0.1, 0.15) is 11.2 Å². The molecule has 1 N–H and O–H groups in total. The van der Waals surface area contributed by atoms with Crippen LogP contribution in [0, 0.1) is 0 Å². The molecule has 0 spiro atoms. The van der Waals surface area contributed by atoms with Crippen molar-refractivity contribution in [2.45, 2.75) is 19.3 Å². The SMILES string of the molecule is CC1(C)c2ccccc2-c2ccc(N(c3ccc(-c4ccccc4)cc3)c3ccc(-c4cc5oc6cccc(C7=CC=C(c8ccccc8)NC7)c6c5c5ccccc45)cc3)cc21. The third-order valence-corrected chi connectivity index (χ3v) is 13.4. The molecule has 0 saturated carbocycles. The number of benzene rings is 9. The van der Waals surface area contributed by atoms with E-state index < -0.39 is 0 Å². The largest absolute Gasteiger partial charge is 0.456 e. The van der Waals surface area contributed by atoms with Crippen LogP contribution in [0.4, 0.5) is 17.1 Å². The molecule has 3 nitrogen and oxygen atoms in total. The Labute approximate surface area is 367 Å². The van der Waals surface area contributed by atoms with E-state index in [0.29, 0.717) is 0 Å². The van der Waals surface area contributed by atoms with Crippen molar-refractivity contribution in [1.29, 1.82) is 0 Å². The number of furan rings is 1. The number of anilines is 3. The summed E-state index contributed by atoms with van der Waals surface area (Å²) in [4.78, 5) is 2.40. The van der Waals surface area contributed by atoms with E-state index in [4.69, 9.17) is 4.42 Å². The summed E-state index contributed by atoms with van der Waals surface area (Å²) in [6, 6.07) is 72.5. The topological polar surface area (TPSA) is 28.4 Å². The summed E-state index contributed by atoms with van der Waals surface area (Å²) >= 11 is 0. The van der Waals surface area contributed by atoms with E-state index in [1.165, 1.54) is 60.9 Å². The lowest BCUT2D eigenvalue weighted by Crippen LogP contribution is -2.18. The van der Waals surface area contributed by atoms with Crippen LogP contribution < -0.4 is 10.2 Å². The number of nitrogens with one attached hydrogen (secondary N) is 1. The highest BCUT2D eigenvalue weighted by Crippen LogP contribution is 2.51. The average molecular weight is 809 g/mol. The minimum absolute atomic E-state index is 0.112. The summed E-state index contributed by atoms with van der Waals surface area (Å²) in [5, 5.41) is 8.38. The minimum atomic E-state index is -0.112. The van der Waals surface area contributed by atoms with Gasteiger partial charge in [-0.1, -0.05) is 172 Å². The zero-order chi connectivity index (χ0) is 42.1. The second-order valence-corrected chi connectivity index (χ2v) is 17.3. The van der Waals surface area contributed by atoms with Crippen LogP contribution in [0.5, 0.6) is 0 Å². The number of hydrogen-bond acceptors (Lipinski definition) is 3. The lowest BCUT2D eigenvalue weighted by Gasteiger charge is -2.28. The molecule has 10 aromatic rings. The van der Waals surface area contributed by atoms with Crippen LogP contribution in [0.2, 0.25) is 0 Å². The Hall–Kier alpha value is -7.88. The molecule has 0 amide bonds. The number of dihydropyridines is 1. The zero-order valence-corrected chi connectivity index (χ0v) is 35.3. The number of rotatable bonds is 7. The van der Waals surface area contributed by atoms with Gasteiger partial charge >= 0.3 is 0 Å². The summed E-state index contributed by atoms with van der Waals surface area (Å²) in [5.74, 6) is 0. The highest BCUT2D eigenvalue weighted by Gasteiger charge is 2.35. The Morgan fingerprint density at radius 1 is 0.429 bits per heavy atom. The van der Waals surface area contributed by atoms with Gasteiger partial charge in [0.15, 0.2) is 0 Å². The van der Waals surface area contributed by atoms with Crippen LogP contribution in [0.25, 0.3) is 77.4 Å². The third-order valence-electron chi connectivity index (χ3n) is 13.4. The maximum absolute atomic E-state index is 6.77. The molecule has 0 atom stereocenters. The van der Waals surface area contributed by atoms with Gasteiger partial charge in [-0.05, 0) is 127 Å². The first-order valence-electron chi connectivity index (χ1n) is 21.9. The van der Waals surface area contributed by atoms with Crippen molar-refractivity contribution in [3.63, 3.8) is 0 Å². The van der Waals surface area contributed by atoms with E-state index in [1.54, 1.807) is 0 Å². The summed E-state index contributed by atoms with van der Waals surface area (Å²) < 4.78 is 6.77. The fraction of sp³-hybridized carbons (Fsp3) is 0.0667. The molecule has 0 unspecified atom stereocenters. The fourth-order valence-corrected chi connectivity index (χ4v) is 10.2. The Morgan fingerprint density at radius 2 is 1.03 bits per heavy atom. The third kappa shape index (κ3) is 6.11. The average Bonchev–Trinajstić information content (AvgIpc) is 3.84. The van der Waals surface area contributed by atoms with Gasteiger partial charge in [0, 0.05) is 45.5 Å². The van der Waals surface area contributed by atoms with Crippen molar-refractivity contribution in [1.82, 2.24) is 5.32 Å². The molecule has 0 radical (unpaired) electrons. The Kier molecular flexibility index (Phi) is 8.58. The molecule has 1 aliphatic carbocycles. The summed E-state index contributed by atoms with van der Waals surface area (Å²) in [6.07, 6.45) is 4.45. The van der Waals surface area contributed by atoms with Gasteiger partial charge in [-0.2, -0.15) is 0 Å². The maximum Gasteiger partial charge on any atom is 0.136 e. The van der Waals surface area contributed by atoms with Crippen molar-refractivity contribution >= 4 is 61.0 Å². The second kappa shape index (κ2) is 14.6. The van der Waals surface area contributed by atoms with Crippen LogP contribution in [-0.2, 0) is 5.41 Å². The predicted octanol–water partition coefficient (Wildman–Crippen LogP) is 15.9. The molecular formula is C60H44N2O. The van der Waals surface area contributed by atoms with Gasteiger partial charge in [-0.25, -0.2) is 0 Å². The Balaban J connectivity index is 0.959. The summed E-state index contributed by atoms with van der Waals surface area (Å²) in [7, 11) is 0. The monoisotopic (exact) mass is 808 g/mol. The number of nitrogens with zero attached hydrogens (tertiary/aromatic N) is 1. The molecular weight excluding hydrogens is 765 g/mol. The van der Waals surface area contributed by atoms with Crippen LogP contribution in [0.15, 0.2) is 217 Å². The van der Waals surface area contributed by atoms with Gasteiger partial charge in [0.2, 0.25) is 0 Å². The molecule has 9 aromatic carbocycles. The summed E-state index contributed by atoms with van der Waals surface area (Å²) in [6.45, 7) is 5.44. The predicted molar refractivity (Wildman–Crippen MR) is 265 cm³/mol. The molecule has 300 valence electrons. The van der Waals surface area contributed by atoms with E-state index >= 15 is 0 Å². The van der Waals surface area contributed by atoms with Crippen molar-refractivity contribution in [3.8, 4) is 33.4 Å². The molecule has 1 aliphatic heterocycles. The lowest BCUT2D eigenvalue weighted by atomic mass is 9.82. The van der Waals surface area contributed by atoms with E-state index in [9.17, 15) is 0 Å². The molecule has 3 heteroatoms. The smallest absolute Gasteiger partial charge is 0.136 e. The lowest BCUT2D eigenvalue weighted by molar-refractivity contribution is 0.660. The fourth-order valence-electron chi connectivity index (χ4n) is 10.2. The van der Waals surface area contributed by atoms with Gasteiger partial charge in [-0.3, -0.25) is 0 Å². The standard InChI is InChI=1S/C60H44N2O/c1-60(2)53-22-12-11-19-49(53)50-34-33-46(36-54(50)60)62(44-29-24-40(25-30-44)39-14-5-3-6-15-39)45-31-26-41(27-32-45)52-37-57-59(51-20-10-9-18-48(51)52)58-47(21-13-23-56(58)63-57)43-28-35-55(61-38-43)42-16-7-4-8-17-42/h3-37,61H,38H2,1-2H3. The second-order valence-electron chi connectivity index (χ2n) is 17.3. The van der Waals surface area contributed by atoms with Gasteiger partial charge in [-0.15, -0.1) is 0 Å². The first-order chi connectivity index (χ1) is 31.0. The van der Waals surface area contributed by atoms with Gasteiger partial charge < -0.3 is 14.6 Å². The van der Waals surface area contributed by atoms with E-state index in [1.807, 2.05) is 0 Å². The highest BCUT2D eigenvalue weighted by atomic mass is 16.3. The number of allylic oxidation sites excluding steroid dienone is 2. The van der Waals surface area contributed by atoms with Crippen molar-refractivity contribution in [2.75, 3.05) is 11.4 Å². The molecule has 0 bridgehead atoms. The number of fused-ring (bicyclic) bond motifs is 8. The molecule has 12 rings (SSSR count). The van der Waals surface area contributed by atoms with E-state index in [2.05, 4.69) is 236 Å². The number of hydrogen-bond donors (Lipinski definition) is 1. The van der Waals surface area contributed by atoms with E-state index in [-0.39, 0.29) is 5.41 Å². The van der Waals surface area contributed by atoms with Crippen molar-refractivity contribution in [3.05, 3.63) is 235 Å². The molecule has 2 aliphatic rings. The van der Waals surface area contributed by atoms with Gasteiger partial charge in [0.25, 0.3) is 0 Å². The van der Waals surface area contributed by atoms with Gasteiger partial charge in [0.05, 0.1) is 0 Å². The summed E-state index contributed by atoms with van der Waals surface area (Å²) in [5.41, 5.74) is 19.8.